The van der Waals surface area contributed by atoms with Crippen LogP contribution in [-0.4, -0.2) is 21.5 Å². The number of carbonyl (C=O) groups excluding carboxylic acids is 1. The fourth-order valence-corrected chi connectivity index (χ4v) is 3.55. The zero-order valence-electron chi connectivity index (χ0n) is 13.3. The molecule has 0 aliphatic carbocycles. The van der Waals surface area contributed by atoms with E-state index in [4.69, 9.17) is 4.74 Å². The van der Waals surface area contributed by atoms with E-state index in [1.807, 2.05) is 6.07 Å². The minimum absolute atomic E-state index is 0.130. The highest BCUT2D eigenvalue weighted by atomic mass is 32.2. The minimum atomic E-state index is -3.57. The molecule has 0 bridgehead atoms. The van der Waals surface area contributed by atoms with Crippen molar-refractivity contribution in [2.24, 2.45) is 0 Å². The van der Waals surface area contributed by atoms with E-state index >= 15 is 0 Å². The van der Waals surface area contributed by atoms with Crippen LogP contribution in [0.5, 0.6) is 0 Å². The number of carbonyl (C=O) groups is 1. The average Bonchev–Trinajstić information content (AvgIpc) is 2.49. The lowest BCUT2D eigenvalue weighted by molar-refractivity contribution is 0.0600. The Morgan fingerprint density at radius 1 is 1.09 bits per heavy atom. The van der Waals surface area contributed by atoms with Gasteiger partial charge in [-0.15, -0.1) is 0 Å². The fourth-order valence-electron chi connectivity index (χ4n) is 2.29. The fraction of sp³-hybridized carbons (Fsp3) is 0.235. The molecule has 0 fully saturated rings. The summed E-state index contributed by atoms with van der Waals surface area (Å²) < 4.78 is 31.9. The largest absolute Gasteiger partial charge is 0.465 e. The Kier molecular flexibility index (Phi) is 5.05. The molecule has 0 aliphatic heterocycles. The molecule has 0 spiro atoms. The molecule has 1 N–H and O–H groups in total. The van der Waals surface area contributed by atoms with Crippen LogP contribution < -0.4 is 4.72 Å². The summed E-state index contributed by atoms with van der Waals surface area (Å²) in [5, 5.41) is 0. The average molecular weight is 333 g/mol. The topological polar surface area (TPSA) is 72.5 Å². The molecule has 2 rings (SSSR count). The Balaban J connectivity index is 2.30. The number of anilines is 1. The van der Waals surface area contributed by atoms with Gasteiger partial charge in [0.15, 0.2) is 0 Å². The molecule has 0 heterocycles. The van der Waals surface area contributed by atoms with Crippen molar-refractivity contribution in [1.29, 1.82) is 0 Å². The summed E-state index contributed by atoms with van der Waals surface area (Å²) in [7, 11) is -2.28. The Hall–Kier alpha value is -2.34. The van der Waals surface area contributed by atoms with Crippen LogP contribution in [0.2, 0.25) is 0 Å². The standard InChI is InChI=1S/C17H19NO4S/c1-12-9-13(2)16(10-15(12)17(19)22-3)18-23(20,21)11-14-7-5-4-6-8-14/h4-10,18H,11H2,1-3H3. The molecule has 23 heavy (non-hydrogen) atoms. The van der Waals surface area contributed by atoms with E-state index in [0.717, 1.165) is 11.1 Å². The number of nitrogens with one attached hydrogen (secondary N) is 1. The van der Waals surface area contributed by atoms with Crippen LogP contribution in [0.25, 0.3) is 0 Å². The molecule has 0 saturated heterocycles. The highest BCUT2D eigenvalue weighted by molar-refractivity contribution is 7.91. The monoisotopic (exact) mass is 333 g/mol. The van der Waals surface area contributed by atoms with Gasteiger partial charge in [-0.1, -0.05) is 36.4 Å². The summed E-state index contributed by atoms with van der Waals surface area (Å²) in [6, 6.07) is 12.2. The number of benzene rings is 2. The van der Waals surface area contributed by atoms with Gasteiger partial charge in [0.2, 0.25) is 10.0 Å². The molecule has 122 valence electrons. The lowest BCUT2D eigenvalue weighted by Crippen LogP contribution is -2.16. The molecule has 2 aromatic rings. The third kappa shape index (κ3) is 4.32. The predicted molar refractivity (Wildman–Crippen MR) is 89.9 cm³/mol. The van der Waals surface area contributed by atoms with Crippen molar-refractivity contribution < 1.29 is 17.9 Å². The van der Waals surface area contributed by atoms with Crippen molar-refractivity contribution in [3.8, 4) is 0 Å². The molecular weight excluding hydrogens is 314 g/mol. The molecule has 2 aromatic carbocycles. The number of sulfonamides is 1. The number of esters is 1. The van der Waals surface area contributed by atoms with E-state index in [1.54, 1.807) is 44.2 Å². The van der Waals surface area contributed by atoms with Gasteiger partial charge in [-0.25, -0.2) is 13.2 Å². The third-order valence-corrected chi connectivity index (χ3v) is 4.69. The maximum atomic E-state index is 12.3. The number of hydrogen-bond donors (Lipinski definition) is 1. The van der Waals surface area contributed by atoms with E-state index in [9.17, 15) is 13.2 Å². The molecule has 5 nitrogen and oxygen atoms in total. The molecule has 0 aliphatic rings. The van der Waals surface area contributed by atoms with Crippen LogP contribution in [0.3, 0.4) is 0 Å². The summed E-state index contributed by atoms with van der Waals surface area (Å²) in [6.45, 7) is 3.57. The van der Waals surface area contributed by atoms with E-state index in [1.165, 1.54) is 13.2 Å². The third-order valence-electron chi connectivity index (χ3n) is 3.44. The second kappa shape index (κ2) is 6.83. The summed E-state index contributed by atoms with van der Waals surface area (Å²) >= 11 is 0. The summed E-state index contributed by atoms with van der Waals surface area (Å²) in [6.07, 6.45) is 0. The SMILES string of the molecule is COC(=O)c1cc(NS(=O)(=O)Cc2ccccc2)c(C)cc1C. The number of methoxy groups -OCH3 is 1. The van der Waals surface area contributed by atoms with Crippen molar-refractivity contribution in [1.82, 2.24) is 0 Å². The Morgan fingerprint density at radius 2 is 1.74 bits per heavy atom. The first kappa shape index (κ1) is 17.0. The van der Waals surface area contributed by atoms with Crippen LogP contribution in [0.15, 0.2) is 42.5 Å². The van der Waals surface area contributed by atoms with Crippen LogP contribution in [0.1, 0.15) is 27.0 Å². The number of hydrogen-bond acceptors (Lipinski definition) is 4. The molecular formula is C17H19NO4S. The van der Waals surface area contributed by atoms with E-state index in [0.29, 0.717) is 16.8 Å². The quantitative estimate of drug-likeness (QED) is 0.854. The summed E-state index contributed by atoms with van der Waals surface area (Å²) in [4.78, 5) is 11.8. The lowest BCUT2D eigenvalue weighted by atomic mass is 10.0. The Labute approximate surface area is 136 Å². The van der Waals surface area contributed by atoms with Crippen LogP contribution in [0, 0.1) is 13.8 Å². The number of rotatable bonds is 5. The van der Waals surface area contributed by atoms with Crippen LogP contribution in [-0.2, 0) is 20.5 Å². The summed E-state index contributed by atoms with van der Waals surface area (Å²) in [5.41, 5.74) is 2.90. The zero-order chi connectivity index (χ0) is 17.0. The van der Waals surface area contributed by atoms with Gasteiger partial charge in [-0.2, -0.15) is 0 Å². The summed E-state index contributed by atoms with van der Waals surface area (Å²) in [5.74, 6) is -0.625. The minimum Gasteiger partial charge on any atom is -0.465 e. The van der Waals surface area contributed by atoms with E-state index < -0.39 is 16.0 Å². The van der Waals surface area contributed by atoms with Gasteiger partial charge >= 0.3 is 5.97 Å². The van der Waals surface area contributed by atoms with Crippen LogP contribution in [0.4, 0.5) is 5.69 Å². The lowest BCUT2D eigenvalue weighted by Gasteiger charge is -2.13. The van der Waals surface area contributed by atoms with Crippen molar-refractivity contribution in [2.45, 2.75) is 19.6 Å². The molecule has 0 atom stereocenters. The van der Waals surface area contributed by atoms with Crippen molar-refractivity contribution in [3.05, 3.63) is 64.7 Å². The first-order chi connectivity index (χ1) is 10.8. The van der Waals surface area contributed by atoms with Gasteiger partial charge in [-0.05, 0) is 36.6 Å². The van der Waals surface area contributed by atoms with Crippen molar-refractivity contribution >= 4 is 21.7 Å². The molecule has 0 saturated carbocycles. The number of ether oxygens (including phenoxy) is 1. The van der Waals surface area contributed by atoms with Gasteiger partial charge in [0, 0.05) is 0 Å². The first-order valence-electron chi connectivity index (χ1n) is 7.06. The molecule has 0 amide bonds. The van der Waals surface area contributed by atoms with E-state index in [2.05, 4.69) is 4.72 Å². The maximum Gasteiger partial charge on any atom is 0.338 e. The van der Waals surface area contributed by atoms with E-state index in [-0.39, 0.29) is 5.75 Å². The molecule has 0 unspecified atom stereocenters. The van der Waals surface area contributed by atoms with Crippen LogP contribution >= 0.6 is 0 Å². The Morgan fingerprint density at radius 3 is 2.35 bits per heavy atom. The van der Waals surface area contributed by atoms with Gasteiger partial charge in [0.1, 0.15) is 0 Å². The Bertz CT molecular complexity index is 814. The molecule has 0 aromatic heterocycles. The zero-order valence-corrected chi connectivity index (χ0v) is 14.1. The smallest absolute Gasteiger partial charge is 0.338 e. The highest BCUT2D eigenvalue weighted by Crippen LogP contribution is 2.23. The van der Waals surface area contributed by atoms with Gasteiger partial charge in [-0.3, -0.25) is 4.72 Å². The second-order valence-electron chi connectivity index (χ2n) is 5.32. The van der Waals surface area contributed by atoms with Crippen molar-refractivity contribution in [2.75, 3.05) is 11.8 Å². The van der Waals surface area contributed by atoms with Gasteiger partial charge < -0.3 is 4.74 Å². The normalized spacial score (nSPS) is 11.1. The van der Waals surface area contributed by atoms with Gasteiger partial charge in [0.05, 0.1) is 24.1 Å². The first-order valence-corrected chi connectivity index (χ1v) is 8.71. The van der Waals surface area contributed by atoms with Gasteiger partial charge in [0.25, 0.3) is 0 Å². The van der Waals surface area contributed by atoms with Crippen molar-refractivity contribution in [3.63, 3.8) is 0 Å². The highest BCUT2D eigenvalue weighted by Gasteiger charge is 2.17. The predicted octanol–water partition coefficient (Wildman–Crippen LogP) is 3.03. The molecule has 6 heteroatoms. The number of aryl methyl sites for hydroxylation is 2. The maximum absolute atomic E-state index is 12.3. The second-order valence-corrected chi connectivity index (χ2v) is 7.04. The molecule has 0 radical (unpaired) electrons.